The highest BCUT2D eigenvalue weighted by molar-refractivity contribution is 5.70. The van der Waals surface area contributed by atoms with E-state index >= 15 is 0 Å². The predicted octanol–water partition coefficient (Wildman–Crippen LogP) is 12.0. The molecule has 8 nitrogen and oxygen atoms in total. The lowest BCUT2D eigenvalue weighted by Crippen LogP contribution is -2.55. The number of aliphatic carboxylic acids is 1. The van der Waals surface area contributed by atoms with Crippen molar-refractivity contribution in [3.05, 3.63) is 60.8 Å². The van der Waals surface area contributed by atoms with Gasteiger partial charge in [0.1, 0.15) is 12.6 Å². The van der Waals surface area contributed by atoms with Crippen LogP contribution in [0.5, 0.6) is 0 Å². The van der Waals surface area contributed by atoms with Gasteiger partial charge in [0.25, 0.3) is 0 Å². The molecule has 0 aliphatic carbocycles. The first kappa shape index (κ1) is 56.0. The Morgan fingerprint density at radius 3 is 1.32 bits per heavy atom. The van der Waals surface area contributed by atoms with Gasteiger partial charge in [-0.1, -0.05) is 164 Å². The minimum absolute atomic E-state index is 0.0305. The Hall–Kier alpha value is -2.97. The van der Waals surface area contributed by atoms with Gasteiger partial charge in [-0.3, -0.25) is 9.59 Å². The summed E-state index contributed by atoms with van der Waals surface area (Å²) in [6.45, 7) is 4.43. The molecule has 0 N–H and O–H groups in total. The first-order valence-electron chi connectivity index (χ1n) is 23.8. The molecule has 0 saturated heterocycles. The highest BCUT2D eigenvalue weighted by Crippen LogP contribution is 2.15. The molecule has 0 aromatic carbocycles. The number of hydrogen-bond acceptors (Lipinski definition) is 7. The molecule has 0 heterocycles. The van der Waals surface area contributed by atoms with Gasteiger partial charge in [0.05, 0.1) is 40.3 Å². The molecule has 0 aliphatic heterocycles. The van der Waals surface area contributed by atoms with Crippen LogP contribution in [0.4, 0.5) is 0 Å². The number of unbranched alkanes of at least 4 members (excludes halogenated alkanes) is 18. The maximum Gasteiger partial charge on any atom is 0.306 e. The molecule has 59 heavy (non-hydrogen) atoms. The number of esters is 2. The van der Waals surface area contributed by atoms with Crippen LogP contribution in [-0.4, -0.2) is 75.5 Å². The van der Waals surface area contributed by atoms with E-state index in [1.54, 1.807) is 21.1 Å². The van der Waals surface area contributed by atoms with Crippen LogP contribution < -0.4 is 5.11 Å². The van der Waals surface area contributed by atoms with Gasteiger partial charge in [0, 0.05) is 19.3 Å². The van der Waals surface area contributed by atoms with E-state index < -0.39 is 18.1 Å². The van der Waals surface area contributed by atoms with E-state index in [9.17, 15) is 19.5 Å². The van der Waals surface area contributed by atoms with E-state index in [1.807, 2.05) is 0 Å². The summed E-state index contributed by atoms with van der Waals surface area (Å²) in [4.78, 5) is 36.9. The second-order valence-corrected chi connectivity index (χ2v) is 16.9. The molecule has 0 fully saturated rings. The van der Waals surface area contributed by atoms with E-state index in [-0.39, 0.29) is 42.7 Å². The number of nitrogens with zero attached hydrogens (tertiary/aromatic N) is 1. The summed E-state index contributed by atoms with van der Waals surface area (Å²) in [6.07, 6.45) is 51.1. The van der Waals surface area contributed by atoms with E-state index in [2.05, 4.69) is 74.6 Å². The number of ether oxygens (including phenoxy) is 3. The molecule has 0 aromatic rings. The van der Waals surface area contributed by atoms with Gasteiger partial charge in [-0.15, -0.1) is 0 Å². The largest absolute Gasteiger partial charge is 0.544 e. The number of likely N-dealkylation sites (N-methyl/N-ethyl adjacent to an activating group) is 1. The molecule has 0 saturated carbocycles. The van der Waals surface area contributed by atoms with Crippen molar-refractivity contribution in [1.82, 2.24) is 0 Å². The molecule has 0 spiro atoms. The summed E-state index contributed by atoms with van der Waals surface area (Å²) in [5.74, 6) is -1.76. The lowest BCUT2D eigenvalue weighted by Gasteiger charge is -2.34. The van der Waals surface area contributed by atoms with E-state index in [1.165, 1.54) is 77.0 Å². The molecule has 340 valence electrons. The molecule has 2 unspecified atom stereocenters. The predicted molar refractivity (Wildman–Crippen MR) is 245 cm³/mol. The summed E-state index contributed by atoms with van der Waals surface area (Å²) in [7, 11) is 5.40. The van der Waals surface area contributed by atoms with Crippen molar-refractivity contribution in [1.29, 1.82) is 0 Å². The van der Waals surface area contributed by atoms with Crippen LogP contribution >= 0.6 is 0 Å². The average Bonchev–Trinajstić information content (AvgIpc) is 3.19. The van der Waals surface area contributed by atoms with Crippen molar-refractivity contribution >= 4 is 17.9 Å². The minimum Gasteiger partial charge on any atom is -0.544 e. The first-order valence-corrected chi connectivity index (χ1v) is 23.8. The SMILES string of the molecule is CC/C=C/C/C=C/C/C=C/CCCCCCC(=O)OC(COCCC(C(=O)[O-])[N+](C)(C)C)COC(=O)CCCCCCCCCCCCCCCC/C=C/C/C=C/CC. The summed E-state index contributed by atoms with van der Waals surface area (Å²) < 4.78 is 17.2. The van der Waals surface area contributed by atoms with Crippen LogP contribution in [0.3, 0.4) is 0 Å². The summed E-state index contributed by atoms with van der Waals surface area (Å²) in [5, 5.41) is 11.6. The fourth-order valence-electron chi connectivity index (χ4n) is 6.77. The van der Waals surface area contributed by atoms with Crippen LogP contribution in [0, 0.1) is 0 Å². The van der Waals surface area contributed by atoms with Gasteiger partial charge in [0.2, 0.25) is 0 Å². The van der Waals surface area contributed by atoms with Crippen molar-refractivity contribution < 1.29 is 38.2 Å². The molecule has 0 radical (unpaired) electrons. The Morgan fingerprint density at radius 1 is 0.508 bits per heavy atom. The monoisotopic (exact) mass is 828 g/mol. The van der Waals surface area contributed by atoms with E-state index in [4.69, 9.17) is 14.2 Å². The summed E-state index contributed by atoms with van der Waals surface area (Å²) in [5.41, 5.74) is 0. The minimum atomic E-state index is -1.13. The Balaban J connectivity index is 4.25. The number of rotatable bonds is 42. The fraction of sp³-hybridized carbons (Fsp3) is 0.745. The maximum atomic E-state index is 12.7. The molecule has 2 atom stereocenters. The number of hydrogen-bond donors (Lipinski definition) is 0. The molecular weight excluding hydrogens is 739 g/mol. The molecular formula is C51H89NO7. The summed E-state index contributed by atoms with van der Waals surface area (Å²) in [6, 6.07) is -0.731. The van der Waals surface area contributed by atoms with Crippen LogP contribution in [0.25, 0.3) is 0 Å². The topological polar surface area (TPSA) is 102 Å². The van der Waals surface area contributed by atoms with Crippen molar-refractivity contribution in [2.24, 2.45) is 0 Å². The first-order chi connectivity index (χ1) is 28.6. The van der Waals surface area contributed by atoms with Crippen molar-refractivity contribution in [3.63, 3.8) is 0 Å². The second-order valence-electron chi connectivity index (χ2n) is 16.9. The zero-order chi connectivity index (χ0) is 43.5. The molecule has 0 aromatic heterocycles. The number of carboxylic acid groups (broad SMARTS) is 1. The third-order valence-corrected chi connectivity index (χ3v) is 10.4. The number of allylic oxidation sites excluding steroid dienone is 10. The number of carboxylic acids is 1. The molecule has 0 bridgehead atoms. The zero-order valence-corrected chi connectivity index (χ0v) is 38.7. The van der Waals surface area contributed by atoms with Gasteiger partial charge < -0.3 is 28.6 Å². The van der Waals surface area contributed by atoms with Gasteiger partial charge >= 0.3 is 11.9 Å². The second kappa shape index (κ2) is 41.8. The standard InChI is InChI=1S/C51H89NO7/c1-6-8-10-12-14-16-18-20-22-23-24-25-26-27-28-30-31-33-35-37-39-41-49(53)58-46-47(45-57-44-43-48(51(55)56)52(3,4)5)59-50(54)42-40-38-36-34-32-29-21-19-17-15-13-11-9-7-2/h8-11,14-17,21,29,47-48H,6-7,12-13,18-20,22-28,30-46H2,1-5H3/b10-8+,11-9+,16-14+,17-15+,29-21+. The Labute approximate surface area is 362 Å². The van der Waals surface area contributed by atoms with Gasteiger partial charge in [0.15, 0.2) is 6.10 Å². The van der Waals surface area contributed by atoms with Crippen LogP contribution in [-0.2, 0) is 28.6 Å². The summed E-state index contributed by atoms with van der Waals surface area (Å²) >= 11 is 0. The third-order valence-electron chi connectivity index (χ3n) is 10.4. The van der Waals surface area contributed by atoms with E-state index in [0.29, 0.717) is 12.8 Å². The zero-order valence-electron chi connectivity index (χ0n) is 38.7. The van der Waals surface area contributed by atoms with Gasteiger partial charge in [-0.05, 0) is 70.6 Å². The van der Waals surface area contributed by atoms with Crippen molar-refractivity contribution in [2.75, 3.05) is 41.0 Å². The Bertz CT molecular complexity index is 1150. The molecule has 8 heteroatoms. The molecule has 0 amide bonds. The van der Waals surface area contributed by atoms with Crippen molar-refractivity contribution in [2.45, 2.75) is 206 Å². The number of carbonyl (C=O) groups excluding carboxylic acids is 3. The Morgan fingerprint density at radius 2 is 0.898 bits per heavy atom. The van der Waals surface area contributed by atoms with Gasteiger partial charge in [-0.2, -0.15) is 0 Å². The lowest BCUT2D eigenvalue weighted by molar-refractivity contribution is -0.889. The number of carbonyl (C=O) groups is 3. The third kappa shape index (κ3) is 40.2. The maximum absolute atomic E-state index is 12.7. The Kier molecular flexibility index (Phi) is 39.6. The quantitative estimate of drug-likeness (QED) is 0.0261. The fourth-order valence-corrected chi connectivity index (χ4v) is 6.77. The molecule has 0 rings (SSSR count). The van der Waals surface area contributed by atoms with Crippen LogP contribution in [0.2, 0.25) is 0 Å². The highest BCUT2D eigenvalue weighted by atomic mass is 16.6. The highest BCUT2D eigenvalue weighted by Gasteiger charge is 2.25. The van der Waals surface area contributed by atoms with Crippen LogP contribution in [0.1, 0.15) is 194 Å². The molecule has 0 aliphatic rings. The van der Waals surface area contributed by atoms with Gasteiger partial charge in [-0.25, -0.2) is 0 Å². The smallest absolute Gasteiger partial charge is 0.306 e. The van der Waals surface area contributed by atoms with Crippen LogP contribution in [0.15, 0.2) is 60.8 Å². The van der Waals surface area contributed by atoms with Crippen molar-refractivity contribution in [3.8, 4) is 0 Å². The normalized spacial score (nSPS) is 13.4. The lowest BCUT2D eigenvalue weighted by atomic mass is 10.0. The average molecular weight is 828 g/mol. The number of quaternary nitrogens is 1. The van der Waals surface area contributed by atoms with E-state index in [0.717, 1.165) is 83.5 Å².